The Balaban J connectivity index is 3.51. The highest BCUT2D eigenvalue weighted by molar-refractivity contribution is 6.79. The Morgan fingerprint density at radius 3 is 1.47 bits per heavy atom. The second-order valence-electron chi connectivity index (χ2n) is 7.36. The fourth-order valence-corrected chi connectivity index (χ4v) is 3.05. The second-order valence-corrected chi connectivity index (χ2v) is 10.1. The van der Waals surface area contributed by atoms with Gasteiger partial charge in [-0.25, -0.2) is 0 Å². The normalized spacial score (nSPS) is 13.7. The van der Waals surface area contributed by atoms with Gasteiger partial charge in [-0.3, -0.25) is 8.22 Å². The van der Waals surface area contributed by atoms with Crippen molar-refractivity contribution in [3.8, 4) is 0 Å². The van der Waals surface area contributed by atoms with E-state index >= 15 is 0 Å². The molecule has 0 aromatic heterocycles. The van der Waals surface area contributed by atoms with Gasteiger partial charge in [0.15, 0.2) is 0 Å². The zero-order chi connectivity index (χ0) is 15.1. The van der Waals surface area contributed by atoms with E-state index < -0.39 is 8.74 Å². The summed E-state index contributed by atoms with van der Waals surface area (Å²) in [6.07, 6.45) is 0. The van der Waals surface area contributed by atoms with Crippen molar-refractivity contribution < 1.29 is 8.22 Å². The van der Waals surface area contributed by atoms with Crippen LogP contribution >= 0.6 is 0 Å². The van der Waals surface area contributed by atoms with Gasteiger partial charge in [0.1, 0.15) is 0 Å². The van der Waals surface area contributed by atoms with Crippen molar-refractivity contribution in [3.05, 3.63) is 29.3 Å². The molecule has 0 radical (unpaired) electrons. The number of hydrogen-bond donors (Lipinski definition) is 0. The summed E-state index contributed by atoms with van der Waals surface area (Å²) in [6, 6.07) is 5.52. The summed E-state index contributed by atoms with van der Waals surface area (Å²) in [5, 5.41) is 0.285. The first-order valence-electron chi connectivity index (χ1n) is 6.92. The van der Waals surface area contributed by atoms with Gasteiger partial charge in [-0.05, 0) is 28.0 Å². The predicted octanol–water partition coefficient (Wildman–Crippen LogP) is 4.89. The smallest absolute Gasteiger partial charge is 0.265 e. The van der Waals surface area contributed by atoms with Crippen LogP contribution in [0.3, 0.4) is 0 Å². The average molecular weight is 284 g/mol. The summed E-state index contributed by atoms with van der Waals surface area (Å²) >= 11 is 0. The second kappa shape index (κ2) is 5.00. The molecule has 0 nitrogen and oxygen atoms in total. The minimum absolute atomic E-state index is 0.0236. The molecule has 1 aromatic carbocycles. The highest BCUT2D eigenvalue weighted by Gasteiger charge is 2.37. The van der Waals surface area contributed by atoms with Gasteiger partial charge < -0.3 is 0 Å². The van der Waals surface area contributed by atoms with E-state index in [2.05, 4.69) is 47.6 Å². The van der Waals surface area contributed by atoms with Crippen LogP contribution in [-0.4, -0.2) is 8.74 Å². The van der Waals surface area contributed by atoms with E-state index in [1.54, 1.807) is 19.1 Å². The van der Waals surface area contributed by atoms with Crippen molar-refractivity contribution in [2.75, 3.05) is 0 Å². The van der Waals surface area contributed by atoms with Gasteiger partial charge in [0.2, 0.25) is 0 Å². The molecule has 0 heterocycles. The van der Waals surface area contributed by atoms with Crippen LogP contribution in [0.1, 0.15) is 59.6 Å². The van der Waals surface area contributed by atoms with E-state index in [1.807, 2.05) is 0 Å². The van der Waals surface area contributed by atoms with Crippen molar-refractivity contribution in [2.24, 2.45) is 0 Å². The topological polar surface area (TPSA) is 0 Å². The first-order valence-corrected chi connectivity index (χ1v) is 8.88. The van der Waals surface area contributed by atoms with Crippen molar-refractivity contribution in [1.29, 1.82) is 0 Å². The maximum Gasteiger partial charge on any atom is 0.455 e. The Bertz CT molecular complexity index is 419. The van der Waals surface area contributed by atoms with Crippen LogP contribution in [0, 0.1) is 0 Å². The quantitative estimate of drug-likeness (QED) is 0.536. The molecule has 0 amide bonds. The lowest BCUT2D eigenvalue weighted by Gasteiger charge is -2.27. The van der Waals surface area contributed by atoms with Crippen molar-refractivity contribution in [1.82, 2.24) is 0 Å². The van der Waals surface area contributed by atoms with Gasteiger partial charge >= 0.3 is 8.74 Å². The molecule has 0 aliphatic heterocycles. The molecular weight excluding hydrogens is 258 g/mol. The Kier molecular flexibility index (Phi) is 4.31. The molecule has 0 fully saturated rings. The number of rotatable bonds is 2. The Hall–Kier alpha value is -0.703. The first kappa shape index (κ1) is 16.4. The number of benzene rings is 1. The van der Waals surface area contributed by atoms with E-state index in [1.165, 1.54) is 0 Å². The Morgan fingerprint density at radius 1 is 0.842 bits per heavy atom. The van der Waals surface area contributed by atoms with E-state index in [9.17, 15) is 8.22 Å². The molecule has 0 bridgehead atoms. The lowest BCUT2D eigenvalue weighted by Crippen LogP contribution is -2.39. The number of halogens is 2. The van der Waals surface area contributed by atoms with Crippen LogP contribution in [0.25, 0.3) is 0 Å². The standard InChI is InChI=1S/C16H26F2Si/c1-8-19(17,18)14-10-12(15(2,3)4)9-13(11-14)16(5,6)7/h9-11H,8H2,1-7H3. The van der Waals surface area contributed by atoms with E-state index in [0.29, 0.717) is 0 Å². The van der Waals surface area contributed by atoms with Crippen molar-refractivity contribution in [3.63, 3.8) is 0 Å². The minimum atomic E-state index is -4.27. The lowest BCUT2D eigenvalue weighted by atomic mass is 9.81. The van der Waals surface area contributed by atoms with Crippen LogP contribution in [0.2, 0.25) is 6.04 Å². The molecule has 108 valence electrons. The summed E-state index contributed by atoms with van der Waals surface area (Å²) in [4.78, 5) is 0. The maximum absolute atomic E-state index is 14.2. The van der Waals surface area contributed by atoms with Crippen LogP contribution in [-0.2, 0) is 10.8 Å². The molecular formula is C16H26F2Si. The molecule has 19 heavy (non-hydrogen) atoms. The zero-order valence-electron chi connectivity index (χ0n) is 13.2. The average Bonchev–Trinajstić information content (AvgIpc) is 2.26. The fraction of sp³-hybridized carbons (Fsp3) is 0.625. The van der Waals surface area contributed by atoms with Crippen molar-refractivity contribution >= 4 is 13.9 Å². The van der Waals surface area contributed by atoms with Crippen LogP contribution < -0.4 is 5.19 Å². The minimum Gasteiger partial charge on any atom is -0.265 e. The molecule has 0 saturated carbocycles. The molecule has 0 unspecified atom stereocenters. The summed E-state index contributed by atoms with van der Waals surface area (Å²) in [5.41, 5.74) is 1.81. The van der Waals surface area contributed by atoms with Gasteiger partial charge in [0, 0.05) is 5.19 Å². The predicted molar refractivity (Wildman–Crippen MR) is 81.9 cm³/mol. The largest absolute Gasteiger partial charge is 0.455 e. The summed E-state index contributed by atoms with van der Waals surface area (Å²) < 4.78 is 28.3. The zero-order valence-corrected chi connectivity index (χ0v) is 14.2. The monoisotopic (exact) mass is 284 g/mol. The SMILES string of the molecule is CC[Si](F)(F)c1cc(C(C)(C)C)cc(C(C)(C)C)c1. The van der Waals surface area contributed by atoms with E-state index in [4.69, 9.17) is 0 Å². The van der Waals surface area contributed by atoms with Crippen molar-refractivity contribution in [2.45, 2.75) is 65.3 Å². The molecule has 0 atom stereocenters. The molecule has 0 aliphatic rings. The summed E-state index contributed by atoms with van der Waals surface area (Å²) in [7, 11) is -4.27. The molecule has 1 rings (SSSR count). The van der Waals surface area contributed by atoms with E-state index in [0.717, 1.165) is 11.1 Å². The molecule has 0 saturated heterocycles. The van der Waals surface area contributed by atoms with Gasteiger partial charge in [-0.1, -0.05) is 66.7 Å². The first-order chi connectivity index (χ1) is 8.38. The highest BCUT2D eigenvalue weighted by atomic mass is 28.4. The van der Waals surface area contributed by atoms with Gasteiger partial charge in [-0.15, -0.1) is 0 Å². The molecule has 0 aliphatic carbocycles. The third kappa shape index (κ3) is 3.88. The lowest BCUT2D eigenvalue weighted by molar-refractivity contribution is 0.567. The highest BCUT2D eigenvalue weighted by Crippen LogP contribution is 2.29. The Morgan fingerprint density at radius 2 is 1.21 bits per heavy atom. The third-order valence-electron chi connectivity index (χ3n) is 3.53. The molecule has 0 N–H and O–H groups in total. The molecule has 3 heteroatoms. The number of hydrogen-bond acceptors (Lipinski definition) is 0. The van der Waals surface area contributed by atoms with Crippen LogP contribution in [0.5, 0.6) is 0 Å². The van der Waals surface area contributed by atoms with Crippen LogP contribution in [0.4, 0.5) is 8.22 Å². The Labute approximate surface area is 117 Å². The maximum atomic E-state index is 14.2. The molecule has 1 aromatic rings. The third-order valence-corrected chi connectivity index (χ3v) is 5.55. The molecule has 0 spiro atoms. The summed E-state index contributed by atoms with van der Waals surface area (Å²) in [6.45, 7) is 14.0. The fourth-order valence-electron chi connectivity index (χ4n) is 1.91. The van der Waals surface area contributed by atoms with Gasteiger partial charge in [0.25, 0.3) is 0 Å². The van der Waals surface area contributed by atoms with Gasteiger partial charge in [0.05, 0.1) is 0 Å². The van der Waals surface area contributed by atoms with Gasteiger partial charge in [-0.2, -0.15) is 0 Å². The van der Waals surface area contributed by atoms with E-state index in [-0.39, 0.29) is 22.1 Å². The van der Waals surface area contributed by atoms with Crippen LogP contribution in [0.15, 0.2) is 18.2 Å². The summed E-state index contributed by atoms with van der Waals surface area (Å²) in [5.74, 6) is 0.